The van der Waals surface area contributed by atoms with Gasteiger partial charge in [-0.2, -0.15) is 0 Å². The number of aromatic nitrogens is 2. The van der Waals surface area contributed by atoms with Crippen LogP contribution in [0.3, 0.4) is 0 Å². The third kappa shape index (κ3) is 6.02. The summed E-state index contributed by atoms with van der Waals surface area (Å²) in [7, 11) is 0. The fraction of sp³-hybridized carbons (Fsp3) is 0.0492. The van der Waals surface area contributed by atoms with Crippen LogP contribution in [-0.2, 0) is 5.41 Å². The minimum absolute atomic E-state index is 0.0257. The maximum atomic E-state index is 5.34. The molecule has 296 valence electrons. The number of hydrogen-bond donors (Lipinski definition) is 0. The molecule has 0 spiro atoms. The van der Waals surface area contributed by atoms with Crippen LogP contribution in [0.15, 0.2) is 218 Å². The van der Waals surface area contributed by atoms with Gasteiger partial charge >= 0.3 is 0 Å². The van der Waals surface area contributed by atoms with Crippen molar-refractivity contribution in [2.24, 2.45) is 0 Å². The first kappa shape index (κ1) is 36.9. The summed E-state index contributed by atoms with van der Waals surface area (Å²) in [5, 5.41) is 7.23. The third-order valence-corrected chi connectivity index (χ3v) is 13.3. The van der Waals surface area contributed by atoms with Crippen molar-refractivity contribution in [2.75, 3.05) is 0 Å². The Morgan fingerprint density at radius 3 is 1.49 bits per heavy atom. The highest BCUT2D eigenvalue weighted by Gasteiger charge is 2.35. The third-order valence-electron chi connectivity index (χ3n) is 13.3. The molecule has 12 rings (SSSR count). The Labute approximate surface area is 367 Å². The van der Waals surface area contributed by atoms with Crippen molar-refractivity contribution < 1.29 is 0 Å². The van der Waals surface area contributed by atoms with Crippen LogP contribution in [0.2, 0.25) is 0 Å². The minimum Gasteiger partial charge on any atom is -0.228 e. The fourth-order valence-electron chi connectivity index (χ4n) is 10.3. The number of benzene rings is 10. The van der Waals surface area contributed by atoms with Crippen LogP contribution in [-0.4, -0.2) is 9.97 Å². The Morgan fingerprint density at radius 1 is 0.286 bits per heavy atom. The highest BCUT2D eigenvalue weighted by Crippen LogP contribution is 2.50. The molecule has 0 aliphatic heterocycles. The Bertz CT molecular complexity index is 3590. The summed E-state index contributed by atoms with van der Waals surface area (Å²) in [4.78, 5) is 10.6. The van der Waals surface area contributed by atoms with Gasteiger partial charge < -0.3 is 0 Å². The average molecular weight is 803 g/mol. The van der Waals surface area contributed by atoms with Crippen LogP contribution in [0.5, 0.6) is 0 Å². The highest BCUT2D eigenvalue weighted by atomic mass is 14.9. The summed E-state index contributed by atoms with van der Waals surface area (Å²) < 4.78 is 0. The molecule has 0 amide bonds. The van der Waals surface area contributed by atoms with Gasteiger partial charge in [0.1, 0.15) is 0 Å². The maximum absolute atomic E-state index is 5.34. The molecule has 0 radical (unpaired) electrons. The molecular formula is C61H42N2. The Hall–Kier alpha value is -7.94. The van der Waals surface area contributed by atoms with Crippen molar-refractivity contribution in [3.05, 3.63) is 230 Å². The highest BCUT2D eigenvalue weighted by molar-refractivity contribution is 6.12. The van der Waals surface area contributed by atoms with Gasteiger partial charge in [-0.25, -0.2) is 9.97 Å². The van der Waals surface area contributed by atoms with E-state index in [1.807, 2.05) is 6.07 Å². The standard InChI is InChI=1S/C61H42N2/c1-61(2)56-30-15-14-27-52(56)55-37-41(31-36-57(55)61)43-32-33-50(46-23-9-8-22-44(43)46)51-34-35-54(49-26-11-10-24-47(49)51)59-38-58(62-60(63-59)40-18-4-3-5-19-40)53-28-13-12-25-48(53)45-29-16-20-39-17-6-7-21-42(39)45/h3-38H,1-2H3. The van der Waals surface area contributed by atoms with E-state index in [1.54, 1.807) is 0 Å². The predicted molar refractivity (Wildman–Crippen MR) is 265 cm³/mol. The smallest absolute Gasteiger partial charge is 0.160 e. The van der Waals surface area contributed by atoms with Gasteiger partial charge in [0.15, 0.2) is 5.82 Å². The normalized spacial score (nSPS) is 12.7. The van der Waals surface area contributed by atoms with Crippen molar-refractivity contribution in [1.29, 1.82) is 0 Å². The summed E-state index contributed by atoms with van der Waals surface area (Å²) in [5.41, 5.74) is 17.5. The molecule has 0 bridgehead atoms. The second kappa shape index (κ2) is 14.6. The summed E-state index contributed by atoms with van der Waals surface area (Å²) in [6.07, 6.45) is 0. The molecule has 1 aliphatic rings. The molecule has 11 aromatic rings. The number of fused-ring (bicyclic) bond motifs is 6. The molecular weight excluding hydrogens is 761 g/mol. The molecule has 1 aliphatic carbocycles. The zero-order valence-corrected chi connectivity index (χ0v) is 35.2. The molecule has 1 aromatic heterocycles. The second-order valence-electron chi connectivity index (χ2n) is 17.2. The molecule has 2 nitrogen and oxygen atoms in total. The van der Waals surface area contributed by atoms with Gasteiger partial charge in [-0.15, -0.1) is 0 Å². The van der Waals surface area contributed by atoms with E-state index in [0.29, 0.717) is 5.82 Å². The summed E-state index contributed by atoms with van der Waals surface area (Å²) in [6.45, 7) is 4.69. The maximum Gasteiger partial charge on any atom is 0.160 e. The van der Waals surface area contributed by atoms with Gasteiger partial charge in [0, 0.05) is 22.1 Å². The lowest BCUT2D eigenvalue weighted by atomic mass is 9.82. The monoisotopic (exact) mass is 802 g/mol. The van der Waals surface area contributed by atoms with E-state index in [4.69, 9.17) is 9.97 Å². The zero-order chi connectivity index (χ0) is 42.1. The van der Waals surface area contributed by atoms with Crippen LogP contribution in [0.25, 0.3) is 111 Å². The van der Waals surface area contributed by atoms with Crippen LogP contribution < -0.4 is 0 Å². The molecule has 0 saturated carbocycles. The first-order valence-electron chi connectivity index (χ1n) is 21.8. The van der Waals surface area contributed by atoms with E-state index in [2.05, 4.69) is 226 Å². The molecule has 1 heterocycles. The van der Waals surface area contributed by atoms with E-state index < -0.39 is 0 Å². The number of hydrogen-bond acceptors (Lipinski definition) is 2. The Kier molecular flexibility index (Phi) is 8.55. The van der Waals surface area contributed by atoms with Gasteiger partial charge in [0.2, 0.25) is 0 Å². The first-order chi connectivity index (χ1) is 31.0. The van der Waals surface area contributed by atoms with Gasteiger partial charge in [-0.05, 0) is 100 Å². The lowest BCUT2D eigenvalue weighted by Gasteiger charge is -2.21. The SMILES string of the molecule is CC1(C)c2ccccc2-c2cc(-c3ccc(-c4ccc(-c5cc(-c6ccccc6-c6cccc7ccccc67)nc(-c6ccccc6)n5)c5ccccc45)c4ccccc34)ccc21. The first-order valence-corrected chi connectivity index (χ1v) is 21.8. The van der Waals surface area contributed by atoms with Gasteiger partial charge in [-0.1, -0.05) is 220 Å². The van der Waals surface area contributed by atoms with Crippen molar-refractivity contribution >= 4 is 32.3 Å². The van der Waals surface area contributed by atoms with Crippen LogP contribution >= 0.6 is 0 Å². The topological polar surface area (TPSA) is 25.8 Å². The molecule has 2 heteroatoms. The zero-order valence-electron chi connectivity index (χ0n) is 35.2. The average Bonchev–Trinajstić information content (AvgIpc) is 3.58. The Morgan fingerprint density at radius 2 is 0.762 bits per heavy atom. The summed E-state index contributed by atoms with van der Waals surface area (Å²) >= 11 is 0. The molecule has 0 saturated heterocycles. The van der Waals surface area contributed by atoms with E-state index in [9.17, 15) is 0 Å². The van der Waals surface area contributed by atoms with Crippen LogP contribution in [0.4, 0.5) is 0 Å². The van der Waals surface area contributed by atoms with Crippen LogP contribution in [0, 0.1) is 0 Å². The quantitative estimate of drug-likeness (QED) is 0.167. The molecule has 0 N–H and O–H groups in total. The van der Waals surface area contributed by atoms with E-state index in [0.717, 1.165) is 39.0 Å². The van der Waals surface area contributed by atoms with E-state index in [1.165, 1.54) is 77.0 Å². The van der Waals surface area contributed by atoms with E-state index >= 15 is 0 Å². The Balaban J connectivity index is 1.01. The number of nitrogens with zero attached hydrogens (tertiary/aromatic N) is 2. The van der Waals surface area contributed by atoms with E-state index in [-0.39, 0.29) is 5.41 Å². The summed E-state index contributed by atoms with van der Waals surface area (Å²) in [5.74, 6) is 0.698. The van der Waals surface area contributed by atoms with Gasteiger partial charge in [0.05, 0.1) is 11.4 Å². The summed E-state index contributed by atoms with van der Waals surface area (Å²) in [6, 6.07) is 79.1. The molecule has 10 aromatic carbocycles. The van der Waals surface area contributed by atoms with Gasteiger partial charge in [0.25, 0.3) is 0 Å². The van der Waals surface area contributed by atoms with Crippen molar-refractivity contribution in [3.8, 4) is 78.4 Å². The largest absolute Gasteiger partial charge is 0.228 e. The minimum atomic E-state index is -0.0257. The molecule has 63 heavy (non-hydrogen) atoms. The van der Waals surface area contributed by atoms with Crippen LogP contribution in [0.1, 0.15) is 25.0 Å². The molecule has 0 fully saturated rings. The lowest BCUT2D eigenvalue weighted by molar-refractivity contribution is 0.660. The molecule has 0 unspecified atom stereocenters. The van der Waals surface area contributed by atoms with Crippen molar-refractivity contribution in [2.45, 2.75) is 19.3 Å². The second-order valence-corrected chi connectivity index (χ2v) is 17.2. The predicted octanol–water partition coefficient (Wildman–Crippen LogP) is 16.2. The lowest BCUT2D eigenvalue weighted by Crippen LogP contribution is -2.14. The van der Waals surface area contributed by atoms with Crippen molar-refractivity contribution in [1.82, 2.24) is 9.97 Å². The number of rotatable bonds is 6. The van der Waals surface area contributed by atoms with Crippen molar-refractivity contribution in [3.63, 3.8) is 0 Å². The van der Waals surface area contributed by atoms with Gasteiger partial charge in [-0.3, -0.25) is 0 Å². The fourth-order valence-corrected chi connectivity index (χ4v) is 10.3. The molecule has 0 atom stereocenters.